The molecule has 1 fully saturated rings. The molecule has 3 heterocycles. The van der Waals surface area contributed by atoms with Crippen molar-refractivity contribution in [2.24, 2.45) is 5.92 Å². The molecule has 0 radical (unpaired) electrons. The van der Waals surface area contributed by atoms with E-state index < -0.39 is 0 Å². The lowest BCUT2D eigenvalue weighted by molar-refractivity contribution is -0.126. The topological polar surface area (TPSA) is 75.4 Å². The lowest BCUT2D eigenvalue weighted by Crippen LogP contribution is -2.43. The number of halogens is 1. The number of carbonyl (C=O) groups excluding carboxylic acids is 2. The van der Waals surface area contributed by atoms with Crippen molar-refractivity contribution < 1.29 is 18.4 Å². The lowest BCUT2D eigenvalue weighted by atomic mass is 9.95. The summed E-state index contributed by atoms with van der Waals surface area (Å²) in [6.07, 6.45) is 2.76. The number of likely N-dealkylation sites (tertiary alicyclic amines) is 1. The van der Waals surface area contributed by atoms with Crippen LogP contribution in [0.4, 0.5) is 4.39 Å². The third-order valence-corrected chi connectivity index (χ3v) is 6.17. The average molecular weight is 428 g/mol. The zero-order valence-electron chi connectivity index (χ0n) is 16.6. The van der Waals surface area contributed by atoms with Gasteiger partial charge in [-0.25, -0.2) is 9.37 Å². The Morgan fingerprint density at radius 3 is 2.80 bits per heavy atom. The Morgan fingerprint density at radius 1 is 1.30 bits per heavy atom. The molecule has 1 saturated heterocycles. The van der Waals surface area contributed by atoms with E-state index in [1.807, 2.05) is 12.1 Å². The van der Waals surface area contributed by atoms with Crippen molar-refractivity contribution >= 4 is 23.2 Å². The van der Waals surface area contributed by atoms with Gasteiger partial charge in [-0.1, -0.05) is 12.1 Å². The predicted octanol–water partition coefficient (Wildman–Crippen LogP) is 4.02. The summed E-state index contributed by atoms with van der Waals surface area (Å²) in [4.78, 5) is 31.3. The molecule has 0 aliphatic carbocycles. The Kier molecular flexibility index (Phi) is 5.94. The Bertz CT molecular complexity index is 1040. The fraction of sp³-hybridized carbons (Fsp3) is 0.318. The number of thiazole rings is 1. The smallest absolute Gasteiger partial charge is 0.273 e. The van der Waals surface area contributed by atoms with Crippen LogP contribution in [-0.2, 0) is 11.3 Å². The van der Waals surface area contributed by atoms with Crippen LogP contribution in [0.25, 0.3) is 10.8 Å². The van der Waals surface area contributed by atoms with Gasteiger partial charge in [0.1, 0.15) is 11.5 Å². The molecule has 30 heavy (non-hydrogen) atoms. The van der Waals surface area contributed by atoms with Crippen LogP contribution < -0.4 is 5.32 Å². The van der Waals surface area contributed by atoms with Gasteiger partial charge in [0.15, 0.2) is 10.8 Å². The number of piperidine rings is 1. The first-order valence-electron chi connectivity index (χ1n) is 9.82. The van der Waals surface area contributed by atoms with E-state index in [2.05, 4.69) is 10.3 Å². The molecule has 2 amide bonds. The van der Waals surface area contributed by atoms with E-state index in [0.29, 0.717) is 54.5 Å². The van der Waals surface area contributed by atoms with Gasteiger partial charge in [-0.3, -0.25) is 9.59 Å². The molecule has 3 aromatic rings. The highest BCUT2D eigenvalue weighted by Crippen LogP contribution is 2.26. The van der Waals surface area contributed by atoms with Crippen LogP contribution in [0.3, 0.4) is 0 Å². The van der Waals surface area contributed by atoms with E-state index >= 15 is 0 Å². The molecule has 1 N–H and O–H groups in total. The van der Waals surface area contributed by atoms with Crippen LogP contribution in [0, 0.1) is 18.7 Å². The summed E-state index contributed by atoms with van der Waals surface area (Å²) in [5, 5.41) is 5.29. The summed E-state index contributed by atoms with van der Waals surface area (Å²) in [7, 11) is 0. The van der Waals surface area contributed by atoms with Crippen molar-refractivity contribution in [3.8, 4) is 10.8 Å². The summed E-state index contributed by atoms with van der Waals surface area (Å²) in [6, 6.07) is 8.55. The van der Waals surface area contributed by atoms with Crippen LogP contribution in [-0.4, -0.2) is 34.8 Å². The maximum Gasteiger partial charge on any atom is 0.273 e. The van der Waals surface area contributed by atoms with E-state index in [1.165, 1.54) is 17.4 Å². The van der Waals surface area contributed by atoms with Gasteiger partial charge in [-0.15, -0.1) is 11.3 Å². The molecule has 1 aliphatic heterocycles. The maximum atomic E-state index is 13.6. The van der Waals surface area contributed by atoms with E-state index in [9.17, 15) is 14.0 Å². The molecular formula is C22H22FN3O3S. The molecule has 0 saturated carbocycles. The number of hydrogen-bond acceptors (Lipinski definition) is 5. The highest BCUT2D eigenvalue weighted by atomic mass is 32.1. The van der Waals surface area contributed by atoms with Gasteiger partial charge in [-0.2, -0.15) is 0 Å². The standard InChI is InChI=1S/C22H22FN3O3S/c1-14-4-5-15(11-17(14)23)12-24-20(27)16-6-8-26(9-7-16)22(28)18-13-30-21(25-18)19-3-2-10-29-19/h2-5,10-11,13,16H,6-9,12H2,1H3,(H,24,27). The van der Waals surface area contributed by atoms with Crippen molar-refractivity contribution in [3.63, 3.8) is 0 Å². The lowest BCUT2D eigenvalue weighted by Gasteiger charge is -2.31. The number of amides is 2. The normalized spacial score (nSPS) is 14.7. The van der Waals surface area contributed by atoms with Crippen molar-refractivity contribution in [1.82, 2.24) is 15.2 Å². The van der Waals surface area contributed by atoms with Gasteiger partial charge in [0, 0.05) is 30.9 Å². The molecule has 0 unspecified atom stereocenters. The average Bonchev–Trinajstić information content (AvgIpc) is 3.46. The zero-order valence-corrected chi connectivity index (χ0v) is 17.4. The highest BCUT2D eigenvalue weighted by Gasteiger charge is 2.28. The molecule has 4 rings (SSSR count). The molecule has 1 aromatic carbocycles. The third-order valence-electron chi connectivity index (χ3n) is 5.31. The molecule has 6 nitrogen and oxygen atoms in total. The van der Waals surface area contributed by atoms with E-state index in [1.54, 1.807) is 35.6 Å². The van der Waals surface area contributed by atoms with Gasteiger partial charge in [0.05, 0.1) is 6.26 Å². The Balaban J connectivity index is 1.28. The molecule has 156 valence electrons. The monoisotopic (exact) mass is 427 g/mol. The first kappa shape index (κ1) is 20.3. The van der Waals surface area contributed by atoms with Gasteiger partial charge in [0.25, 0.3) is 5.91 Å². The van der Waals surface area contributed by atoms with E-state index in [-0.39, 0.29) is 23.5 Å². The quantitative estimate of drug-likeness (QED) is 0.667. The largest absolute Gasteiger partial charge is 0.462 e. The maximum absolute atomic E-state index is 13.6. The number of furan rings is 1. The minimum Gasteiger partial charge on any atom is -0.462 e. The number of nitrogens with zero attached hydrogens (tertiary/aromatic N) is 2. The summed E-state index contributed by atoms with van der Waals surface area (Å²) < 4.78 is 19.0. The van der Waals surface area contributed by atoms with Gasteiger partial charge in [0.2, 0.25) is 5.91 Å². The van der Waals surface area contributed by atoms with Crippen molar-refractivity contribution in [1.29, 1.82) is 0 Å². The highest BCUT2D eigenvalue weighted by molar-refractivity contribution is 7.13. The molecular weight excluding hydrogens is 405 g/mol. The number of nitrogens with one attached hydrogen (secondary N) is 1. The van der Waals surface area contributed by atoms with E-state index in [0.717, 1.165) is 5.56 Å². The second-order valence-corrected chi connectivity index (χ2v) is 8.24. The molecule has 1 aliphatic rings. The zero-order chi connectivity index (χ0) is 21.1. The third kappa shape index (κ3) is 4.43. The van der Waals surface area contributed by atoms with Crippen molar-refractivity contribution in [2.75, 3.05) is 13.1 Å². The second kappa shape index (κ2) is 8.79. The summed E-state index contributed by atoms with van der Waals surface area (Å²) in [5.41, 5.74) is 1.71. The summed E-state index contributed by atoms with van der Waals surface area (Å²) in [5.74, 6) is 0.0297. The number of hydrogen-bond donors (Lipinski definition) is 1. The fourth-order valence-electron chi connectivity index (χ4n) is 3.47. The van der Waals surface area contributed by atoms with E-state index in [4.69, 9.17) is 4.42 Å². The van der Waals surface area contributed by atoms with Crippen molar-refractivity contribution in [3.05, 3.63) is 64.6 Å². The van der Waals surface area contributed by atoms with Gasteiger partial charge >= 0.3 is 0 Å². The summed E-state index contributed by atoms with van der Waals surface area (Å²) in [6.45, 7) is 3.01. The minimum absolute atomic E-state index is 0.0585. The van der Waals surface area contributed by atoms with Gasteiger partial charge in [-0.05, 0) is 49.1 Å². The fourth-order valence-corrected chi connectivity index (χ4v) is 4.23. The number of aromatic nitrogens is 1. The summed E-state index contributed by atoms with van der Waals surface area (Å²) >= 11 is 1.37. The second-order valence-electron chi connectivity index (χ2n) is 7.38. The Hall–Kier alpha value is -3.00. The van der Waals surface area contributed by atoms with Gasteiger partial charge < -0.3 is 14.6 Å². The van der Waals surface area contributed by atoms with Crippen LogP contribution in [0.5, 0.6) is 0 Å². The molecule has 0 atom stereocenters. The number of rotatable bonds is 5. The number of aryl methyl sites for hydroxylation is 1. The molecule has 0 bridgehead atoms. The number of carbonyl (C=O) groups is 2. The van der Waals surface area contributed by atoms with Crippen LogP contribution in [0.15, 0.2) is 46.4 Å². The Labute approximate surface area is 177 Å². The van der Waals surface area contributed by atoms with Crippen molar-refractivity contribution in [2.45, 2.75) is 26.3 Å². The first-order chi connectivity index (χ1) is 14.5. The first-order valence-corrected chi connectivity index (χ1v) is 10.7. The predicted molar refractivity (Wildman–Crippen MR) is 111 cm³/mol. The molecule has 0 spiro atoms. The number of benzene rings is 1. The SMILES string of the molecule is Cc1ccc(CNC(=O)C2CCN(C(=O)c3csc(-c4ccco4)n3)CC2)cc1F. The molecule has 2 aromatic heterocycles. The molecule has 8 heteroatoms. The van der Waals surface area contributed by atoms with Crippen LogP contribution in [0.1, 0.15) is 34.5 Å². The van der Waals surface area contributed by atoms with Crippen LogP contribution >= 0.6 is 11.3 Å². The minimum atomic E-state index is -0.272. The van der Waals surface area contributed by atoms with Crippen LogP contribution in [0.2, 0.25) is 0 Å². The Morgan fingerprint density at radius 2 is 2.10 bits per heavy atom.